The van der Waals surface area contributed by atoms with Gasteiger partial charge in [0.2, 0.25) is 0 Å². The molecule has 0 aliphatic carbocycles. The number of likely N-dealkylation sites (N-methyl/N-ethyl adjacent to an activating group) is 1. The molecule has 0 saturated carbocycles. The first-order valence-electron chi connectivity index (χ1n) is 10.6. The Morgan fingerprint density at radius 3 is 2.69 bits per heavy atom. The number of carbonyl (C=O) groups is 2. The van der Waals surface area contributed by atoms with Crippen molar-refractivity contribution >= 4 is 28.4 Å². The monoisotopic (exact) mass is 476 g/mol. The minimum absolute atomic E-state index is 0.00101. The first kappa shape index (κ1) is 22.2. The highest BCUT2D eigenvalue weighted by Gasteiger charge is 2.32. The highest BCUT2D eigenvalue weighted by atomic mass is 19.1. The second kappa shape index (κ2) is 8.98. The summed E-state index contributed by atoms with van der Waals surface area (Å²) in [7, 11) is 1.59. The van der Waals surface area contributed by atoms with E-state index in [1.54, 1.807) is 31.4 Å². The van der Waals surface area contributed by atoms with E-state index in [-0.39, 0.29) is 18.1 Å². The topological polar surface area (TPSA) is 93.7 Å². The molecule has 8 nitrogen and oxygen atoms in total. The van der Waals surface area contributed by atoms with Crippen LogP contribution in [0, 0.1) is 11.6 Å². The van der Waals surface area contributed by atoms with Gasteiger partial charge >= 0.3 is 0 Å². The second-order valence-corrected chi connectivity index (χ2v) is 7.75. The molecule has 1 N–H and O–H groups in total. The Morgan fingerprint density at radius 1 is 1.09 bits per heavy atom. The Morgan fingerprint density at radius 2 is 1.89 bits per heavy atom. The average Bonchev–Trinajstić information content (AvgIpc) is 2.98. The van der Waals surface area contributed by atoms with Crippen molar-refractivity contribution in [3.05, 3.63) is 84.3 Å². The van der Waals surface area contributed by atoms with Crippen LogP contribution in [0.4, 0.5) is 14.5 Å². The summed E-state index contributed by atoms with van der Waals surface area (Å²) in [5.41, 5.74) is 1.15. The van der Waals surface area contributed by atoms with Gasteiger partial charge in [-0.2, -0.15) is 0 Å². The standard InChI is InChI=1S/C25H18F2N4O4/c1-31-22-15-4-3-10-28-18(15)7-8-21(22)34-13-20(25(31)33)30-24(32)19-12-14(9-11-29-19)35-23-16(26)5-2-6-17(23)27/h2-12,20H,13H2,1H3,(H,30,32)/t20-/m0/s1. The largest absolute Gasteiger partial charge is 0.489 e. The van der Waals surface area contributed by atoms with Crippen LogP contribution in [0.5, 0.6) is 17.2 Å². The lowest BCUT2D eigenvalue weighted by Gasteiger charge is -2.21. The summed E-state index contributed by atoms with van der Waals surface area (Å²) in [5.74, 6) is -2.97. The van der Waals surface area contributed by atoms with Gasteiger partial charge in [0.1, 0.15) is 29.8 Å². The van der Waals surface area contributed by atoms with Gasteiger partial charge in [0.25, 0.3) is 11.8 Å². The summed E-state index contributed by atoms with van der Waals surface area (Å²) in [6.45, 7) is -0.107. The molecular formula is C25H18F2N4O4. The Balaban J connectivity index is 1.36. The van der Waals surface area contributed by atoms with Crippen LogP contribution in [0.2, 0.25) is 0 Å². The third-order valence-electron chi connectivity index (χ3n) is 5.50. The van der Waals surface area contributed by atoms with E-state index in [0.717, 1.165) is 17.5 Å². The van der Waals surface area contributed by atoms with Crippen molar-refractivity contribution in [1.82, 2.24) is 15.3 Å². The fraction of sp³-hybridized carbons (Fsp3) is 0.120. The zero-order chi connectivity index (χ0) is 24.5. The minimum Gasteiger partial charge on any atom is -0.489 e. The molecule has 0 spiro atoms. The number of rotatable bonds is 4. The molecule has 0 saturated heterocycles. The van der Waals surface area contributed by atoms with Crippen molar-refractivity contribution < 1.29 is 27.8 Å². The van der Waals surface area contributed by atoms with Crippen LogP contribution in [0.3, 0.4) is 0 Å². The van der Waals surface area contributed by atoms with Crippen LogP contribution in [0.15, 0.2) is 67.0 Å². The van der Waals surface area contributed by atoms with Gasteiger partial charge in [-0.05, 0) is 42.5 Å². The molecule has 176 valence electrons. The van der Waals surface area contributed by atoms with Crippen LogP contribution in [-0.2, 0) is 4.79 Å². The summed E-state index contributed by atoms with van der Waals surface area (Å²) in [6, 6.07) is 12.0. The van der Waals surface area contributed by atoms with E-state index in [9.17, 15) is 18.4 Å². The number of benzene rings is 2. The van der Waals surface area contributed by atoms with Crippen molar-refractivity contribution in [2.45, 2.75) is 6.04 Å². The SMILES string of the molecule is CN1C(=O)[C@@H](NC(=O)c2cc(Oc3c(F)cccc3F)ccn2)COc2ccc3ncccc3c21. The van der Waals surface area contributed by atoms with Crippen molar-refractivity contribution in [3.8, 4) is 17.2 Å². The highest BCUT2D eigenvalue weighted by molar-refractivity contribution is 6.08. The molecular weight excluding hydrogens is 458 g/mol. The van der Waals surface area contributed by atoms with Gasteiger partial charge in [0, 0.05) is 30.9 Å². The van der Waals surface area contributed by atoms with Crippen LogP contribution < -0.4 is 19.7 Å². The Labute approximate surface area is 198 Å². The van der Waals surface area contributed by atoms with Crippen molar-refractivity contribution in [1.29, 1.82) is 0 Å². The molecule has 35 heavy (non-hydrogen) atoms. The molecule has 5 rings (SSSR count). The lowest BCUT2D eigenvalue weighted by Crippen LogP contribution is -2.49. The number of para-hydroxylation sites is 1. The number of fused-ring (bicyclic) bond motifs is 3. The first-order chi connectivity index (χ1) is 16.9. The molecule has 2 aromatic heterocycles. The van der Waals surface area contributed by atoms with Gasteiger partial charge in [-0.25, -0.2) is 8.78 Å². The maximum Gasteiger partial charge on any atom is 0.270 e. The van der Waals surface area contributed by atoms with Crippen LogP contribution in [-0.4, -0.2) is 41.5 Å². The molecule has 1 aliphatic rings. The van der Waals surface area contributed by atoms with Crippen LogP contribution in [0.1, 0.15) is 10.5 Å². The predicted octanol–water partition coefficient (Wildman–Crippen LogP) is 3.85. The van der Waals surface area contributed by atoms with Crippen LogP contribution in [0.25, 0.3) is 10.9 Å². The smallest absolute Gasteiger partial charge is 0.270 e. The quantitative estimate of drug-likeness (QED) is 0.481. The molecule has 0 radical (unpaired) electrons. The maximum atomic E-state index is 13.9. The zero-order valence-electron chi connectivity index (χ0n) is 18.4. The molecule has 2 aromatic carbocycles. The molecule has 3 heterocycles. The number of aromatic nitrogens is 2. The normalized spacial score (nSPS) is 15.2. The summed E-state index contributed by atoms with van der Waals surface area (Å²) in [4.78, 5) is 35.8. The number of hydrogen-bond donors (Lipinski definition) is 1. The van der Waals surface area contributed by atoms with Crippen molar-refractivity contribution in [2.75, 3.05) is 18.6 Å². The average molecular weight is 476 g/mol. The second-order valence-electron chi connectivity index (χ2n) is 7.75. The summed E-state index contributed by atoms with van der Waals surface area (Å²) < 4.78 is 39.0. The van der Waals surface area contributed by atoms with Crippen LogP contribution >= 0.6 is 0 Å². The fourth-order valence-corrected chi connectivity index (χ4v) is 3.80. The van der Waals surface area contributed by atoms with Gasteiger partial charge in [-0.3, -0.25) is 19.6 Å². The number of nitrogens with zero attached hydrogens (tertiary/aromatic N) is 3. The van der Waals surface area contributed by atoms with Gasteiger partial charge in [0.05, 0.1) is 11.2 Å². The number of carbonyl (C=O) groups excluding carboxylic acids is 2. The number of amides is 2. The van der Waals surface area contributed by atoms with E-state index in [0.29, 0.717) is 17.0 Å². The first-order valence-corrected chi connectivity index (χ1v) is 10.6. The van der Waals surface area contributed by atoms with Gasteiger partial charge in [-0.1, -0.05) is 6.07 Å². The zero-order valence-corrected chi connectivity index (χ0v) is 18.4. The number of anilines is 1. The number of ether oxygens (including phenoxy) is 2. The lowest BCUT2D eigenvalue weighted by atomic mass is 10.1. The molecule has 1 aliphatic heterocycles. The van der Waals surface area contributed by atoms with E-state index >= 15 is 0 Å². The summed E-state index contributed by atoms with van der Waals surface area (Å²) >= 11 is 0. The molecule has 0 fully saturated rings. The molecule has 4 aromatic rings. The highest BCUT2D eigenvalue weighted by Crippen LogP contribution is 2.37. The molecule has 2 amide bonds. The number of hydrogen-bond acceptors (Lipinski definition) is 6. The van der Waals surface area contributed by atoms with Gasteiger partial charge < -0.3 is 19.7 Å². The fourth-order valence-electron chi connectivity index (χ4n) is 3.80. The third-order valence-corrected chi connectivity index (χ3v) is 5.50. The van der Waals surface area contributed by atoms with E-state index < -0.39 is 35.2 Å². The predicted molar refractivity (Wildman–Crippen MR) is 123 cm³/mol. The van der Waals surface area contributed by atoms with E-state index in [2.05, 4.69) is 15.3 Å². The lowest BCUT2D eigenvalue weighted by molar-refractivity contribution is -0.120. The maximum absolute atomic E-state index is 13.9. The minimum atomic E-state index is -1.01. The van der Waals surface area contributed by atoms with Crippen molar-refractivity contribution in [3.63, 3.8) is 0 Å². The third kappa shape index (κ3) is 4.21. The summed E-state index contributed by atoms with van der Waals surface area (Å²) in [6.07, 6.45) is 2.91. The molecule has 1 atom stereocenters. The van der Waals surface area contributed by atoms with Gasteiger partial charge in [-0.15, -0.1) is 0 Å². The number of pyridine rings is 2. The van der Waals surface area contributed by atoms with E-state index in [4.69, 9.17) is 9.47 Å². The van der Waals surface area contributed by atoms with Gasteiger partial charge in [0.15, 0.2) is 17.4 Å². The van der Waals surface area contributed by atoms with E-state index in [1.165, 1.54) is 29.3 Å². The Kier molecular flexibility index (Phi) is 5.69. The van der Waals surface area contributed by atoms with E-state index in [1.807, 2.05) is 6.07 Å². The van der Waals surface area contributed by atoms with Crippen molar-refractivity contribution in [2.24, 2.45) is 0 Å². The molecule has 0 unspecified atom stereocenters. The Hall–Kier alpha value is -4.60. The Bertz CT molecular complexity index is 1440. The number of nitrogens with one attached hydrogen (secondary N) is 1. The molecule has 10 heteroatoms. The number of halogens is 2. The summed E-state index contributed by atoms with van der Waals surface area (Å²) in [5, 5.41) is 3.35. The molecule has 0 bridgehead atoms.